The molecule has 0 aromatic heterocycles. The normalized spacial score (nSPS) is 13.9. The third kappa shape index (κ3) is 4.25. The van der Waals surface area contributed by atoms with Crippen LogP contribution in [0.2, 0.25) is 0 Å². The highest BCUT2D eigenvalue weighted by Gasteiger charge is 2.33. The number of ether oxygens (including phenoxy) is 1. The molecular weight excluding hydrogens is 184 g/mol. The first-order chi connectivity index (χ1) is 6.15. The molecule has 0 fully saturated rings. The molecule has 0 aromatic rings. The van der Waals surface area contributed by atoms with Gasteiger partial charge in [-0.2, -0.15) is 0 Å². The van der Waals surface area contributed by atoms with Crippen molar-refractivity contribution in [2.75, 3.05) is 0 Å². The van der Waals surface area contributed by atoms with Crippen LogP contribution in [-0.4, -0.2) is 22.6 Å². The van der Waals surface area contributed by atoms with Crippen LogP contribution in [0.3, 0.4) is 0 Å². The summed E-state index contributed by atoms with van der Waals surface area (Å²) in [6, 6.07) is 0. The lowest BCUT2D eigenvalue weighted by atomic mass is 9.96. The summed E-state index contributed by atoms with van der Waals surface area (Å²) in [6.07, 6.45) is 0. The summed E-state index contributed by atoms with van der Waals surface area (Å²) in [6.45, 7) is 8.50. The topological polar surface area (TPSA) is 63.6 Å². The van der Waals surface area contributed by atoms with E-state index in [-0.39, 0.29) is 5.92 Å². The number of hydrogen-bond acceptors (Lipinski definition) is 3. The first kappa shape index (κ1) is 12.9. The number of aliphatic carboxylic acids is 1. The molecule has 0 saturated heterocycles. The van der Waals surface area contributed by atoms with E-state index in [1.165, 1.54) is 0 Å². The maximum Gasteiger partial charge on any atom is 0.321 e. The van der Waals surface area contributed by atoms with Gasteiger partial charge >= 0.3 is 11.9 Å². The molecule has 0 aliphatic rings. The predicted octanol–water partition coefficient (Wildman–Crippen LogP) is 1.68. The van der Waals surface area contributed by atoms with E-state index in [0.717, 1.165) is 0 Å². The fourth-order valence-electron chi connectivity index (χ4n) is 1.02. The van der Waals surface area contributed by atoms with Crippen LogP contribution in [0, 0.1) is 11.8 Å². The van der Waals surface area contributed by atoms with Crippen molar-refractivity contribution in [1.82, 2.24) is 0 Å². The first-order valence-electron chi connectivity index (χ1n) is 4.61. The molecule has 0 spiro atoms. The van der Waals surface area contributed by atoms with Crippen LogP contribution < -0.4 is 0 Å². The molecule has 0 rings (SSSR count). The lowest BCUT2D eigenvalue weighted by molar-refractivity contribution is -0.168. The predicted molar refractivity (Wildman–Crippen MR) is 51.8 cm³/mol. The van der Waals surface area contributed by atoms with Crippen LogP contribution in [0.15, 0.2) is 0 Å². The minimum atomic E-state index is -1.13. The Morgan fingerprint density at radius 2 is 1.64 bits per heavy atom. The van der Waals surface area contributed by atoms with Gasteiger partial charge in [0.1, 0.15) is 5.60 Å². The second-order valence-electron chi connectivity index (χ2n) is 4.59. The van der Waals surface area contributed by atoms with E-state index < -0.39 is 23.5 Å². The van der Waals surface area contributed by atoms with Crippen molar-refractivity contribution in [3.63, 3.8) is 0 Å². The van der Waals surface area contributed by atoms with Crippen LogP contribution >= 0.6 is 0 Å². The van der Waals surface area contributed by atoms with Gasteiger partial charge in [-0.05, 0) is 26.7 Å². The van der Waals surface area contributed by atoms with Gasteiger partial charge in [0, 0.05) is 0 Å². The Morgan fingerprint density at radius 3 is 1.86 bits per heavy atom. The minimum absolute atomic E-state index is 0.262. The number of carbonyl (C=O) groups is 2. The van der Waals surface area contributed by atoms with Crippen LogP contribution in [0.25, 0.3) is 0 Å². The Bertz CT molecular complexity index is 225. The molecule has 0 aromatic carbocycles. The van der Waals surface area contributed by atoms with E-state index in [4.69, 9.17) is 9.84 Å². The highest BCUT2D eigenvalue weighted by molar-refractivity contribution is 5.94. The van der Waals surface area contributed by atoms with Crippen LogP contribution in [0.4, 0.5) is 0 Å². The van der Waals surface area contributed by atoms with Gasteiger partial charge in [-0.15, -0.1) is 0 Å². The summed E-state index contributed by atoms with van der Waals surface area (Å²) in [7, 11) is 0. The second-order valence-corrected chi connectivity index (χ2v) is 4.59. The van der Waals surface area contributed by atoms with Crippen molar-refractivity contribution >= 4 is 11.9 Å². The van der Waals surface area contributed by atoms with Crippen molar-refractivity contribution in [1.29, 1.82) is 0 Å². The van der Waals surface area contributed by atoms with Crippen LogP contribution in [0.5, 0.6) is 0 Å². The van der Waals surface area contributed by atoms with E-state index in [1.54, 1.807) is 34.6 Å². The molecule has 0 heterocycles. The molecule has 0 bridgehead atoms. The second kappa shape index (κ2) is 4.44. The van der Waals surface area contributed by atoms with E-state index in [0.29, 0.717) is 0 Å². The highest BCUT2D eigenvalue weighted by Crippen LogP contribution is 2.17. The number of carboxylic acids is 1. The quantitative estimate of drug-likeness (QED) is 0.558. The van der Waals surface area contributed by atoms with Gasteiger partial charge in [0.2, 0.25) is 0 Å². The summed E-state index contributed by atoms with van der Waals surface area (Å²) in [5, 5.41) is 8.81. The Morgan fingerprint density at radius 1 is 1.21 bits per heavy atom. The zero-order chi connectivity index (χ0) is 11.5. The lowest BCUT2D eigenvalue weighted by Gasteiger charge is -2.23. The van der Waals surface area contributed by atoms with Gasteiger partial charge in [0.25, 0.3) is 0 Å². The highest BCUT2D eigenvalue weighted by atomic mass is 16.6. The standard InChI is InChI=1S/C10H18O4/c1-6(2)7(8(11)12)9(13)14-10(3,4)5/h6-7H,1-5H3,(H,11,12)/t7-/m1/s1. The molecule has 14 heavy (non-hydrogen) atoms. The Labute approximate surface area is 84.3 Å². The van der Waals surface area contributed by atoms with E-state index in [2.05, 4.69) is 0 Å². The van der Waals surface area contributed by atoms with E-state index in [1.807, 2.05) is 0 Å². The molecule has 82 valence electrons. The van der Waals surface area contributed by atoms with Gasteiger partial charge < -0.3 is 9.84 Å². The number of carboxylic acid groups (broad SMARTS) is 1. The lowest BCUT2D eigenvalue weighted by Crippen LogP contribution is -2.35. The maximum atomic E-state index is 11.4. The van der Waals surface area contributed by atoms with Gasteiger partial charge in [0.05, 0.1) is 0 Å². The van der Waals surface area contributed by atoms with Crippen molar-refractivity contribution in [2.45, 2.75) is 40.2 Å². The third-order valence-electron chi connectivity index (χ3n) is 1.59. The summed E-state index contributed by atoms with van der Waals surface area (Å²) >= 11 is 0. The van der Waals surface area contributed by atoms with Crippen molar-refractivity contribution in [3.05, 3.63) is 0 Å². The average molecular weight is 202 g/mol. The Hall–Kier alpha value is -1.06. The van der Waals surface area contributed by atoms with Crippen molar-refractivity contribution < 1.29 is 19.4 Å². The largest absolute Gasteiger partial charge is 0.481 e. The number of carbonyl (C=O) groups excluding carboxylic acids is 1. The van der Waals surface area contributed by atoms with Gasteiger partial charge in [-0.25, -0.2) is 0 Å². The molecule has 0 amide bonds. The number of rotatable bonds is 3. The number of hydrogen-bond donors (Lipinski definition) is 1. The van der Waals surface area contributed by atoms with E-state index in [9.17, 15) is 9.59 Å². The van der Waals surface area contributed by atoms with Gasteiger partial charge in [-0.1, -0.05) is 13.8 Å². The molecule has 1 N–H and O–H groups in total. The smallest absolute Gasteiger partial charge is 0.321 e. The molecule has 0 saturated carbocycles. The zero-order valence-electron chi connectivity index (χ0n) is 9.33. The fourth-order valence-corrected chi connectivity index (χ4v) is 1.02. The SMILES string of the molecule is CC(C)[C@H](C(=O)O)C(=O)OC(C)(C)C. The summed E-state index contributed by atoms with van der Waals surface area (Å²) in [5.74, 6) is -3.13. The summed E-state index contributed by atoms with van der Waals surface area (Å²) in [4.78, 5) is 22.2. The molecule has 1 atom stereocenters. The molecule has 0 unspecified atom stereocenters. The molecule has 0 aliphatic heterocycles. The molecule has 0 aliphatic carbocycles. The number of esters is 1. The first-order valence-corrected chi connectivity index (χ1v) is 4.61. The molecule has 4 heteroatoms. The third-order valence-corrected chi connectivity index (χ3v) is 1.59. The molecule has 0 radical (unpaired) electrons. The Kier molecular flexibility index (Phi) is 4.10. The zero-order valence-corrected chi connectivity index (χ0v) is 9.33. The van der Waals surface area contributed by atoms with Crippen LogP contribution in [-0.2, 0) is 14.3 Å². The fraction of sp³-hybridized carbons (Fsp3) is 0.800. The summed E-state index contributed by atoms with van der Waals surface area (Å²) < 4.78 is 5.00. The Balaban J connectivity index is 4.55. The average Bonchev–Trinajstić information content (AvgIpc) is 1.78. The monoisotopic (exact) mass is 202 g/mol. The summed E-state index contributed by atoms with van der Waals surface area (Å²) in [5.41, 5.74) is -0.639. The van der Waals surface area contributed by atoms with Crippen molar-refractivity contribution in [3.8, 4) is 0 Å². The van der Waals surface area contributed by atoms with Gasteiger partial charge in [-0.3, -0.25) is 9.59 Å². The van der Waals surface area contributed by atoms with Gasteiger partial charge in [0.15, 0.2) is 5.92 Å². The molecular formula is C10H18O4. The van der Waals surface area contributed by atoms with E-state index >= 15 is 0 Å². The minimum Gasteiger partial charge on any atom is -0.481 e. The van der Waals surface area contributed by atoms with Crippen LogP contribution in [0.1, 0.15) is 34.6 Å². The molecule has 4 nitrogen and oxygen atoms in total. The maximum absolute atomic E-state index is 11.4. The van der Waals surface area contributed by atoms with Crippen molar-refractivity contribution in [2.24, 2.45) is 11.8 Å².